The quantitative estimate of drug-likeness (QED) is 0.175. The van der Waals surface area contributed by atoms with Crippen molar-refractivity contribution >= 4 is 44.3 Å². The number of anilines is 1. The van der Waals surface area contributed by atoms with Gasteiger partial charge in [-0.1, -0.05) is 0 Å². The summed E-state index contributed by atoms with van der Waals surface area (Å²) in [7, 11) is -2.78. The number of rotatable bonds is 7. The molecule has 38 heavy (non-hydrogen) atoms. The van der Waals surface area contributed by atoms with Gasteiger partial charge in [0.1, 0.15) is 11.5 Å². The Bertz CT molecular complexity index is 1690. The number of carbonyl (C=O) groups is 1. The predicted octanol–water partition coefficient (Wildman–Crippen LogP) is 4.75. The molecule has 0 atom stereocenters. The van der Waals surface area contributed by atoms with Crippen LogP contribution in [0.25, 0.3) is 16.6 Å². The zero-order valence-electron chi connectivity index (χ0n) is 19.5. The van der Waals surface area contributed by atoms with Crippen molar-refractivity contribution in [2.24, 2.45) is 10.7 Å². The van der Waals surface area contributed by atoms with Gasteiger partial charge in [-0.25, -0.2) is 17.8 Å². The lowest BCUT2D eigenvalue weighted by atomic mass is 10.0. The molecule has 196 valence electrons. The molecule has 2 aromatic carbocycles. The molecule has 0 aliphatic carbocycles. The van der Waals surface area contributed by atoms with E-state index >= 15 is 0 Å². The van der Waals surface area contributed by atoms with Gasteiger partial charge in [0, 0.05) is 59.6 Å². The van der Waals surface area contributed by atoms with E-state index in [0.29, 0.717) is 34.3 Å². The first-order valence-electron chi connectivity index (χ1n) is 10.8. The van der Waals surface area contributed by atoms with Gasteiger partial charge in [0.25, 0.3) is 10.0 Å². The maximum absolute atomic E-state index is 14.7. The molecule has 0 fully saturated rings. The summed E-state index contributed by atoms with van der Waals surface area (Å²) in [4.78, 5) is 23.9. The van der Waals surface area contributed by atoms with E-state index in [4.69, 9.17) is 5.73 Å². The van der Waals surface area contributed by atoms with Crippen molar-refractivity contribution in [1.29, 1.82) is 0 Å². The van der Waals surface area contributed by atoms with Gasteiger partial charge in [0.15, 0.2) is 5.78 Å². The third-order valence-corrected chi connectivity index (χ3v) is 6.91. The van der Waals surface area contributed by atoms with Crippen LogP contribution < -0.4 is 10.5 Å². The van der Waals surface area contributed by atoms with Crippen molar-refractivity contribution in [3.63, 3.8) is 0 Å². The normalized spacial score (nSPS) is 12.8. The summed E-state index contributed by atoms with van der Waals surface area (Å²) in [5, 5.41) is 0.367. The van der Waals surface area contributed by atoms with Crippen LogP contribution in [0.3, 0.4) is 0 Å². The third-order valence-electron chi connectivity index (χ3n) is 5.51. The number of hydrogen-bond donors (Lipinski definition) is 3. The van der Waals surface area contributed by atoms with Gasteiger partial charge in [0.2, 0.25) is 0 Å². The molecule has 2 heterocycles. The summed E-state index contributed by atoms with van der Waals surface area (Å²) < 4.78 is 80.7. The molecule has 0 saturated carbocycles. The molecule has 4 N–H and O–H groups in total. The molecule has 8 nitrogen and oxygen atoms in total. The highest BCUT2D eigenvalue weighted by molar-refractivity contribution is 7.92. The maximum Gasteiger partial charge on any atom is 0.416 e. The van der Waals surface area contributed by atoms with Crippen molar-refractivity contribution in [3.8, 4) is 0 Å². The van der Waals surface area contributed by atoms with Crippen molar-refractivity contribution in [1.82, 2.24) is 9.97 Å². The average molecular weight is 546 g/mol. The number of allylic oxidation sites excluding steroid dienone is 1. The van der Waals surface area contributed by atoms with Crippen LogP contribution >= 0.6 is 0 Å². The fourth-order valence-corrected chi connectivity index (χ4v) is 4.70. The van der Waals surface area contributed by atoms with E-state index in [1.807, 2.05) is 0 Å². The number of halogens is 4. The van der Waals surface area contributed by atoms with E-state index in [-0.39, 0.29) is 11.3 Å². The highest BCUT2D eigenvalue weighted by Gasteiger charge is 2.30. The first-order chi connectivity index (χ1) is 17.9. The highest BCUT2D eigenvalue weighted by Crippen LogP contribution is 2.30. The van der Waals surface area contributed by atoms with E-state index < -0.39 is 43.8 Å². The van der Waals surface area contributed by atoms with E-state index in [2.05, 4.69) is 19.7 Å². The number of carbonyl (C=O) groups excluding carboxylic acids is 1. The van der Waals surface area contributed by atoms with Gasteiger partial charge in [-0.3, -0.25) is 14.5 Å². The van der Waals surface area contributed by atoms with Crippen molar-refractivity contribution in [3.05, 3.63) is 95.2 Å². The van der Waals surface area contributed by atoms with E-state index in [1.165, 1.54) is 24.8 Å². The monoisotopic (exact) mass is 545 g/mol. The number of alkyl halides is 3. The molecular formula is C25H19F4N5O3S. The first-order valence-corrected chi connectivity index (χ1v) is 12.3. The number of nitrogens with zero attached hydrogens (tertiary/aromatic N) is 2. The molecule has 4 aromatic rings. The van der Waals surface area contributed by atoms with Gasteiger partial charge in [-0.2, -0.15) is 13.2 Å². The van der Waals surface area contributed by atoms with Gasteiger partial charge >= 0.3 is 6.18 Å². The maximum atomic E-state index is 14.7. The summed E-state index contributed by atoms with van der Waals surface area (Å²) in [6.45, 7) is 0. The number of aromatic nitrogens is 2. The average Bonchev–Trinajstić information content (AvgIpc) is 3.30. The second-order valence-electron chi connectivity index (χ2n) is 7.98. The van der Waals surface area contributed by atoms with Gasteiger partial charge in [-0.15, -0.1) is 0 Å². The Balaban J connectivity index is 1.67. The second kappa shape index (κ2) is 10.1. The van der Waals surface area contributed by atoms with Crippen LogP contribution in [0.2, 0.25) is 0 Å². The summed E-state index contributed by atoms with van der Waals surface area (Å²) >= 11 is 0. The zero-order valence-corrected chi connectivity index (χ0v) is 20.4. The summed E-state index contributed by atoms with van der Waals surface area (Å²) in [6, 6.07) is 7.48. The molecule has 0 aliphatic rings. The number of sulfonamides is 1. The third kappa shape index (κ3) is 5.27. The van der Waals surface area contributed by atoms with Crippen molar-refractivity contribution in [2.45, 2.75) is 11.1 Å². The molecule has 0 bridgehead atoms. The minimum atomic E-state index is -4.63. The van der Waals surface area contributed by atoms with Crippen LogP contribution in [0.1, 0.15) is 27.0 Å². The van der Waals surface area contributed by atoms with E-state index in [0.717, 1.165) is 30.3 Å². The van der Waals surface area contributed by atoms with Crippen LogP contribution in [0.5, 0.6) is 0 Å². The molecule has 4 rings (SSSR count). The Kier molecular flexibility index (Phi) is 7.05. The number of nitrogens with one attached hydrogen (secondary N) is 2. The number of ketones is 1. The second-order valence-corrected chi connectivity index (χ2v) is 9.67. The Morgan fingerprint density at radius 2 is 1.82 bits per heavy atom. The number of hydrogen-bond acceptors (Lipinski definition) is 6. The van der Waals surface area contributed by atoms with Gasteiger partial charge in [0.05, 0.1) is 16.0 Å². The van der Waals surface area contributed by atoms with Crippen LogP contribution in [0.15, 0.2) is 77.0 Å². The number of fused-ring (bicyclic) bond motifs is 1. The van der Waals surface area contributed by atoms with E-state index in [9.17, 15) is 30.8 Å². The lowest BCUT2D eigenvalue weighted by Crippen LogP contribution is -2.14. The summed E-state index contributed by atoms with van der Waals surface area (Å²) in [5.41, 5.74) is 5.53. The minimum absolute atomic E-state index is 0.0702. The number of pyridine rings is 1. The van der Waals surface area contributed by atoms with Gasteiger partial charge < -0.3 is 10.7 Å². The Hall–Kier alpha value is -4.52. The molecule has 0 amide bonds. The number of aromatic amines is 1. The number of H-pyrrole nitrogens is 1. The number of benzene rings is 2. The smallest absolute Gasteiger partial charge is 0.404 e. The van der Waals surface area contributed by atoms with Crippen molar-refractivity contribution < 1.29 is 30.8 Å². The van der Waals surface area contributed by atoms with Gasteiger partial charge in [-0.05, 0) is 48.5 Å². The Morgan fingerprint density at radius 3 is 2.45 bits per heavy atom. The molecule has 0 unspecified atom stereocenters. The lowest BCUT2D eigenvalue weighted by Gasteiger charge is -2.11. The predicted molar refractivity (Wildman–Crippen MR) is 135 cm³/mol. The van der Waals surface area contributed by atoms with Crippen LogP contribution in [0, 0.1) is 5.82 Å². The lowest BCUT2D eigenvalue weighted by molar-refractivity contribution is -0.137. The summed E-state index contributed by atoms with van der Waals surface area (Å²) in [6.07, 6.45) is 1.05. The van der Waals surface area contributed by atoms with Crippen LogP contribution in [-0.4, -0.2) is 37.4 Å². The molecule has 0 spiro atoms. The highest BCUT2D eigenvalue weighted by atomic mass is 32.2. The Labute approximate surface area is 214 Å². The molecular weight excluding hydrogens is 526 g/mol. The zero-order chi connectivity index (χ0) is 27.7. The molecule has 0 saturated heterocycles. The standard InChI is InChI=1S/C25H19F4N5O3S/c1-31-11-15(10-30)14-8-19-21(13-33-24(19)32-12-14)23(35)20-9-17(4-7-22(20)26)34-38(36,37)18-5-2-16(3-6-18)25(27,28)29/h2-13,34H,30H2,1H3,(H,32,33). The molecule has 0 aliphatic heterocycles. The minimum Gasteiger partial charge on any atom is -0.404 e. The van der Waals surface area contributed by atoms with Crippen LogP contribution in [0.4, 0.5) is 23.2 Å². The van der Waals surface area contributed by atoms with Crippen molar-refractivity contribution in [2.75, 3.05) is 11.8 Å². The molecule has 13 heteroatoms. The number of aliphatic imine (C=N–C) groups is 1. The SMILES string of the molecule is CN=CC(=CN)c1cnc2[nH]cc(C(=O)c3cc(NS(=O)(=O)c4ccc(C(F)(F)F)cc4)ccc3F)c2c1. The fraction of sp³-hybridized carbons (Fsp3) is 0.0800. The van der Waals surface area contributed by atoms with Crippen LogP contribution in [-0.2, 0) is 16.2 Å². The van der Waals surface area contributed by atoms with E-state index in [1.54, 1.807) is 13.1 Å². The Morgan fingerprint density at radius 1 is 1.11 bits per heavy atom. The fourth-order valence-electron chi connectivity index (χ4n) is 3.65. The number of nitrogens with two attached hydrogens (primary N) is 1. The topological polar surface area (TPSA) is 130 Å². The molecule has 0 radical (unpaired) electrons. The largest absolute Gasteiger partial charge is 0.416 e. The first kappa shape index (κ1) is 26.5. The summed E-state index contributed by atoms with van der Waals surface area (Å²) in [5.74, 6) is -1.67. The molecule has 2 aromatic heterocycles.